The van der Waals surface area contributed by atoms with Crippen LogP contribution in [0.5, 0.6) is 0 Å². The van der Waals surface area contributed by atoms with E-state index < -0.39 is 5.92 Å². The molecule has 1 atom stereocenters. The molecule has 0 radical (unpaired) electrons. The fourth-order valence-corrected chi connectivity index (χ4v) is 1.92. The van der Waals surface area contributed by atoms with E-state index in [-0.39, 0.29) is 5.97 Å². The molecule has 2 rings (SSSR count). The van der Waals surface area contributed by atoms with Crippen molar-refractivity contribution in [3.63, 3.8) is 0 Å². The Morgan fingerprint density at radius 3 is 2.65 bits per heavy atom. The summed E-state index contributed by atoms with van der Waals surface area (Å²) >= 11 is 0. The molecule has 0 aliphatic carbocycles. The lowest BCUT2D eigenvalue weighted by Gasteiger charge is -2.11. The number of carbonyl (C=O) groups excluding carboxylic acids is 1. The van der Waals surface area contributed by atoms with E-state index in [1.165, 1.54) is 0 Å². The fraction of sp³-hybridized carbons (Fsp3) is 0.400. The molecule has 1 heterocycles. The van der Waals surface area contributed by atoms with Gasteiger partial charge in [-0.25, -0.2) is 0 Å². The van der Waals surface area contributed by atoms with Crippen molar-refractivity contribution in [1.29, 1.82) is 0 Å². The highest BCUT2D eigenvalue weighted by molar-refractivity contribution is 5.77. The van der Waals surface area contributed by atoms with Gasteiger partial charge in [0.05, 0.1) is 6.61 Å². The van der Waals surface area contributed by atoms with Crippen molar-refractivity contribution in [3.05, 3.63) is 47.6 Å². The molecule has 0 aliphatic rings. The first kappa shape index (κ1) is 14.2. The maximum atomic E-state index is 12.1. The third kappa shape index (κ3) is 3.44. The van der Waals surface area contributed by atoms with Gasteiger partial charge < -0.3 is 9.26 Å². The van der Waals surface area contributed by atoms with Gasteiger partial charge in [0.15, 0.2) is 5.82 Å². The summed E-state index contributed by atoms with van der Waals surface area (Å²) in [5, 5.41) is 3.85. The second-order valence-electron chi connectivity index (χ2n) is 4.40. The molecule has 0 amide bonds. The molecular weight excluding hydrogens is 256 g/mol. The Hall–Kier alpha value is -2.17. The SMILES string of the molecule is CCOC(=O)C(Cc1ccccc1)c1nc(CC)no1. The topological polar surface area (TPSA) is 65.2 Å². The van der Waals surface area contributed by atoms with Crippen LogP contribution in [0.2, 0.25) is 0 Å². The second-order valence-corrected chi connectivity index (χ2v) is 4.40. The summed E-state index contributed by atoms with van der Waals surface area (Å²) in [5.74, 6) is 0.0410. The van der Waals surface area contributed by atoms with Crippen molar-refractivity contribution >= 4 is 5.97 Å². The monoisotopic (exact) mass is 274 g/mol. The standard InChI is InChI=1S/C15H18N2O3/c1-3-13-16-14(20-17-13)12(15(18)19-4-2)10-11-8-6-5-7-9-11/h5-9,12H,3-4,10H2,1-2H3. The summed E-state index contributed by atoms with van der Waals surface area (Å²) < 4.78 is 10.3. The maximum absolute atomic E-state index is 12.1. The second kappa shape index (κ2) is 6.84. The van der Waals surface area contributed by atoms with E-state index >= 15 is 0 Å². The van der Waals surface area contributed by atoms with Crippen LogP contribution in [0.25, 0.3) is 0 Å². The first-order valence-corrected chi connectivity index (χ1v) is 6.77. The van der Waals surface area contributed by atoms with E-state index in [2.05, 4.69) is 10.1 Å². The minimum Gasteiger partial charge on any atom is -0.465 e. The third-order valence-corrected chi connectivity index (χ3v) is 2.95. The van der Waals surface area contributed by atoms with Gasteiger partial charge in [-0.1, -0.05) is 42.4 Å². The fourth-order valence-electron chi connectivity index (χ4n) is 1.92. The smallest absolute Gasteiger partial charge is 0.318 e. The molecule has 20 heavy (non-hydrogen) atoms. The number of aromatic nitrogens is 2. The van der Waals surface area contributed by atoms with Gasteiger partial charge in [0.25, 0.3) is 0 Å². The van der Waals surface area contributed by atoms with E-state index in [4.69, 9.17) is 9.26 Å². The molecule has 5 nitrogen and oxygen atoms in total. The summed E-state index contributed by atoms with van der Waals surface area (Å²) in [5.41, 5.74) is 1.03. The average molecular weight is 274 g/mol. The van der Waals surface area contributed by atoms with Gasteiger partial charge in [-0.2, -0.15) is 4.98 Å². The average Bonchev–Trinajstić information content (AvgIpc) is 2.94. The molecule has 106 valence electrons. The Balaban J connectivity index is 2.22. The molecule has 0 saturated carbocycles. The predicted molar refractivity (Wildman–Crippen MR) is 73.2 cm³/mol. The molecule has 1 aromatic heterocycles. The van der Waals surface area contributed by atoms with Crippen LogP contribution in [0.3, 0.4) is 0 Å². The van der Waals surface area contributed by atoms with Crippen molar-refractivity contribution < 1.29 is 14.1 Å². The van der Waals surface area contributed by atoms with Crippen LogP contribution >= 0.6 is 0 Å². The Kier molecular flexibility index (Phi) is 4.87. The summed E-state index contributed by atoms with van der Waals surface area (Å²) in [7, 11) is 0. The summed E-state index contributed by atoms with van der Waals surface area (Å²) in [6, 6.07) is 9.73. The zero-order valence-corrected chi connectivity index (χ0v) is 11.7. The quantitative estimate of drug-likeness (QED) is 0.757. The number of benzene rings is 1. The van der Waals surface area contributed by atoms with Crippen LogP contribution in [0.1, 0.15) is 37.0 Å². The van der Waals surface area contributed by atoms with Crippen molar-refractivity contribution in [2.75, 3.05) is 6.61 Å². The lowest BCUT2D eigenvalue weighted by Crippen LogP contribution is -2.18. The third-order valence-electron chi connectivity index (χ3n) is 2.95. The normalized spacial score (nSPS) is 12.1. The zero-order valence-electron chi connectivity index (χ0n) is 11.7. The van der Waals surface area contributed by atoms with Crippen molar-refractivity contribution in [1.82, 2.24) is 10.1 Å². The van der Waals surface area contributed by atoms with Gasteiger partial charge in [0.2, 0.25) is 5.89 Å². The van der Waals surface area contributed by atoms with Crippen LogP contribution in [-0.4, -0.2) is 22.7 Å². The molecule has 0 spiro atoms. The number of carbonyl (C=O) groups is 1. The van der Waals surface area contributed by atoms with Crippen LogP contribution < -0.4 is 0 Å². The first-order chi connectivity index (χ1) is 9.74. The number of rotatable bonds is 6. The highest BCUT2D eigenvalue weighted by atomic mass is 16.5. The lowest BCUT2D eigenvalue weighted by atomic mass is 9.99. The zero-order chi connectivity index (χ0) is 14.4. The minimum atomic E-state index is -0.551. The van der Waals surface area contributed by atoms with Gasteiger partial charge in [-0.15, -0.1) is 0 Å². The maximum Gasteiger partial charge on any atom is 0.318 e. The van der Waals surface area contributed by atoms with Gasteiger partial charge >= 0.3 is 5.97 Å². The Morgan fingerprint density at radius 1 is 1.30 bits per heavy atom. The summed E-state index contributed by atoms with van der Waals surface area (Å²) in [6.45, 7) is 4.05. The lowest BCUT2D eigenvalue weighted by molar-refractivity contribution is -0.145. The van der Waals surface area contributed by atoms with E-state index in [9.17, 15) is 4.79 Å². The summed E-state index contributed by atoms with van der Waals surface area (Å²) in [4.78, 5) is 16.3. The van der Waals surface area contributed by atoms with E-state index in [0.29, 0.717) is 31.2 Å². The molecule has 0 N–H and O–H groups in total. The number of nitrogens with zero attached hydrogens (tertiary/aromatic N) is 2. The molecule has 0 fully saturated rings. The van der Waals surface area contributed by atoms with E-state index in [0.717, 1.165) is 5.56 Å². The number of esters is 1. The van der Waals surface area contributed by atoms with E-state index in [1.807, 2.05) is 37.3 Å². The van der Waals surface area contributed by atoms with Crippen molar-refractivity contribution in [2.45, 2.75) is 32.6 Å². The van der Waals surface area contributed by atoms with Crippen molar-refractivity contribution in [3.8, 4) is 0 Å². The predicted octanol–water partition coefficient (Wildman–Crippen LogP) is 2.52. The Morgan fingerprint density at radius 2 is 2.05 bits per heavy atom. The molecule has 5 heteroatoms. The molecule has 1 unspecified atom stereocenters. The molecule has 1 aromatic carbocycles. The highest BCUT2D eigenvalue weighted by Crippen LogP contribution is 2.21. The van der Waals surface area contributed by atoms with Crippen molar-refractivity contribution in [2.24, 2.45) is 0 Å². The molecule has 0 bridgehead atoms. The molecule has 0 saturated heterocycles. The minimum absolute atomic E-state index is 0.323. The highest BCUT2D eigenvalue weighted by Gasteiger charge is 2.28. The van der Waals surface area contributed by atoms with Gasteiger partial charge in [-0.3, -0.25) is 4.79 Å². The van der Waals surface area contributed by atoms with E-state index in [1.54, 1.807) is 6.92 Å². The number of aryl methyl sites for hydroxylation is 1. The molecular formula is C15H18N2O3. The van der Waals surface area contributed by atoms with Gasteiger partial charge in [0.1, 0.15) is 5.92 Å². The van der Waals surface area contributed by atoms with Crippen LogP contribution in [-0.2, 0) is 22.4 Å². The molecule has 0 aliphatic heterocycles. The van der Waals surface area contributed by atoms with Gasteiger partial charge in [0, 0.05) is 6.42 Å². The Labute approximate surface area is 118 Å². The number of hydrogen-bond donors (Lipinski definition) is 0. The van der Waals surface area contributed by atoms with Crippen LogP contribution in [0.4, 0.5) is 0 Å². The first-order valence-electron chi connectivity index (χ1n) is 6.77. The van der Waals surface area contributed by atoms with Crippen LogP contribution in [0.15, 0.2) is 34.9 Å². The largest absolute Gasteiger partial charge is 0.465 e. The summed E-state index contributed by atoms with van der Waals surface area (Å²) in [6.07, 6.45) is 1.16. The number of ether oxygens (including phenoxy) is 1. The Bertz CT molecular complexity index is 551. The van der Waals surface area contributed by atoms with Gasteiger partial charge in [-0.05, 0) is 18.9 Å². The molecule has 2 aromatic rings. The number of hydrogen-bond acceptors (Lipinski definition) is 5. The van der Waals surface area contributed by atoms with Crippen LogP contribution in [0, 0.1) is 0 Å².